The highest BCUT2D eigenvalue weighted by molar-refractivity contribution is 7.92. The van der Waals surface area contributed by atoms with Gasteiger partial charge in [0.2, 0.25) is 11.8 Å². The van der Waals surface area contributed by atoms with Crippen molar-refractivity contribution in [1.29, 1.82) is 0 Å². The van der Waals surface area contributed by atoms with Gasteiger partial charge >= 0.3 is 0 Å². The molecule has 0 fully saturated rings. The standard InChI is InChI=1S/C32H41N3O4S/c1-22(2)19-33-32(37)27(7)34(20-28-11-9-8-10-25(28)5)31(36)21-35(30-17-14-24(4)18-26(30)6)40(38,39)29-15-12-23(3)13-16-29/h8-18,22,27H,19-21H2,1-7H3,(H,33,37)/t27-/m1/s1. The molecule has 7 nitrogen and oxygen atoms in total. The maximum atomic E-state index is 14.1. The van der Waals surface area contributed by atoms with Crippen LogP contribution in [0.25, 0.3) is 0 Å². The molecular formula is C32H41N3O4S. The molecule has 0 bridgehead atoms. The first-order valence-corrected chi connectivity index (χ1v) is 15.0. The van der Waals surface area contributed by atoms with Gasteiger partial charge in [0.15, 0.2) is 0 Å². The molecule has 0 saturated heterocycles. The summed E-state index contributed by atoms with van der Waals surface area (Å²) >= 11 is 0. The molecule has 0 saturated carbocycles. The summed E-state index contributed by atoms with van der Waals surface area (Å²) in [5.74, 6) is -0.502. The van der Waals surface area contributed by atoms with Crippen LogP contribution in [0.2, 0.25) is 0 Å². The van der Waals surface area contributed by atoms with E-state index in [0.717, 1.165) is 27.8 Å². The number of anilines is 1. The first kappa shape index (κ1) is 30.9. The molecule has 3 aromatic rings. The number of rotatable bonds is 11. The number of sulfonamides is 1. The largest absolute Gasteiger partial charge is 0.354 e. The van der Waals surface area contributed by atoms with Crippen molar-refractivity contribution in [2.24, 2.45) is 5.92 Å². The Balaban J connectivity index is 2.06. The molecule has 3 rings (SSSR count). The molecule has 0 aliphatic rings. The van der Waals surface area contributed by atoms with Crippen LogP contribution in [0.1, 0.15) is 48.6 Å². The molecule has 0 aromatic heterocycles. The zero-order valence-electron chi connectivity index (χ0n) is 24.6. The van der Waals surface area contributed by atoms with E-state index in [1.165, 1.54) is 9.21 Å². The summed E-state index contributed by atoms with van der Waals surface area (Å²) in [5.41, 5.74) is 4.94. The Hall–Kier alpha value is -3.65. The molecule has 0 unspecified atom stereocenters. The zero-order chi connectivity index (χ0) is 29.6. The number of nitrogens with zero attached hydrogens (tertiary/aromatic N) is 2. The summed E-state index contributed by atoms with van der Waals surface area (Å²) in [5, 5.41) is 2.91. The molecule has 2 amide bonds. The van der Waals surface area contributed by atoms with Crippen LogP contribution in [0.3, 0.4) is 0 Å². The quantitative estimate of drug-likeness (QED) is 0.343. The predicted molar refractivity (Wildman–Crippen MR) is 161 cm³/mol. The SMILES string of the molecule is Cc1ccc(S(=O)(=O)N(CC(=O)N(Cc2ccccc2C)[C@H](C)C(=O)NCC(C)C)c2ccc(C)cc2C)cc1. The third kappa shape index (κ3) is 7.50. The minimum atomic E-state index is -4.10. The fourth-order valence-electron chi connectivity index (χ4n) is 4.44. The average Bonchev–Trinajstić information content (AvgIpc) is 2.90. The van der Waals surface area contributed by atoms with Gasteiger partial charge in [-0.1, -0.05) is 73.5 Å². The van der Waals surface area contributed by atoms with Gasteiger partial charge in [-0.2, -0.15) is 0 Å². The highest BCUT2D eigenvalue weighted by atomic mass is 32.2. The summed E-state index contributed by atoms with van der Waals surface area (Å²) in [6, 6.07) is 18.9. The van der Waals surface area contributed by atoms with E-state index in [4.69, 9.17) is 0 Å². The topological polar surface area (TPSA) is 86.8 Å². The van der Waals surface area contributed by atoms with E-state index >= 15 is 0 Å². The molecule has 214 valence electrons. The Labute approximate surface area is 239 Å². The zero-order valence-corrected chi connectivity index (χ0v) is 25.4. The van der Waals surface area contributed by atoms with Gasteiger partial charge in [-0.05, 0) is 75.4 Å². The van der Waals surface area contributed by atoms with Crippen LogP contribution in [-0.4, -0.2) is 44.3 Å². The van der Waals surface area contributed by atoms with Crippen LogP contribution >= 0.6 is 0 Å². The third-order valence-corrected chi connectivity index (χ3v) is 8.74. The smallest absolute Gasteiger partial charge is 0.264 e. The van der Waals surface area contributed by atoms with Crippen LogP contribution in [0, 0.1) is 33.6 Å². The van der Waals surface area contributed by atoms with Gasteiger partial charge in [0.1, 0.15) is 12.6 Å². The summed E-state index contributed by atoms with van der Waals surface area (Å²) in [4.78, 5) is 28.8. The first-order valence-electron chi connectivity index (χ1n) is 13.6. The van der Waals surface area contributed by atoms with Gasteiger partial charge in [0, 0.05) is 13.1 Å². The lowest BCUT2D eigenvalue weighted by Gasteiger charge is -2.33. The second-order valence-electron chi connectivity index (χ2n) is 10.9. The van der Waals surface area contributed by atoms with E-state index in [1.807, 2.05) is 77.9 Å². The predicted octanol–water partition coefficient (Wildman–Crippen LogP) is 5.31. The average molecular weight is 564 g/mol. The lowest BCUT2D eigenvalue weighted by molar-refractivity contribution is -0.139. The summed E-state index contributed by atoms with van der Waals surface area (Å²) in [6.07, 6.45) is 0. The lowest BCUT2D eigenvalue weighted by Crippen LogP contribution is -2.51. The van der Waals surface area contributed by atoms with Crippen LogP contribution in [0.5, 0.6) is 0 Å². The molecule has 0 heterocycles. The second-order valence-corrected chi connectivity index (χ2v) is 12.7. The fraction of sp³-hybridized carbons (Fsp3) is 0.375. The number of amides is 2. The van der Waals surface area contributed by atoms with Crippen molar-refractivity contribution in [2.75, 3.05) is 17.4 Å². The Morgan fingerprint density at radius 2 is 1.45 bits per heavy atom. The molecule has 0 aliphatic carbocycles. The van der Waals surface area contributed by atoms with Gasteiger partial charge in [0.25, 0.3) is 10.0 Å². The van der Waals surface area contributed by atoms with E-state index in [9.17, 15) is 18.0 Å². The number of nitrogens with one attached hydrogen (secondary N) is 1. The molecule has 1 atom stereocenters. The Bertz CT molecular complexity index is 1450. The Morgan fingerprint density at radius 1 is 0.825 bits per heavy atom. The molecule has 0 radical (unpaired) electrons. The van der Waals surface area contributed by atoms with Crippen molar-refractivity contribution in [3.8, 4) is 0 Å². The van der Waals surface area contributed by atoms with Gasteiger partial charge in [-0.25, -0.2) is 8.42 Å². The molecule has 40 heavy (non-hydrogen) atoms. The van der Waals surface area contributed by atoms with E-state index in [-0.39, 0.29) is 23.3 Å². The van der Waals surface area contributed by atoms with E-state index in [0.29, 0.717) is 12.2 Å². The number of aryl methyl sites for hydroxylation is 4. The molecule has 0 spiro atoms. The Morgan fingerprint density at radius 3 is 2.05 bits per heavy atom. The fourth-order valence-corrected chi connectivity index (χ4v) is 5.92. The van der Waals surface area contributed by atoms with Gasteiger partial charge in [-0.3, -0.25) is 13.9 Å². The molecule has 0 aliphatic heterocycles. The summed E-state index contributed by atoms with van der Waals surface area (Å²) in [6.45, 7) is 13.5. The third-order valence-electron chi connectivity index (χ3n) is 6.96. The molecule has 1 N–H and O–H groups in total. The maximum Gasteiger partial charge on any atom is 0.264 e. The number of carbonyl (C=O) groups is 2. The molecule has 3 aromatic carbocycles. The van der Waals surface area contributed by atoms with Gasteiger partial charge < -0.3 is 10.2 Å². The second kappa shape index (κ2) is 13.1. The summed E-state index contributed by atoms with van der Waals surface area (Å²) in [7, 11) is -4.10. The normalized spacial score (nSPS) is 12.2. The minimum Gasteiger partial charge on any atom is -0.354 e. The maximum absolute atomic E-state index is 14.1. The van der Waals surface area contributed by atoms with Crippen molar-refractivity contribution in [3.63, 3.8) is 0 Å². The number of carbonyl (C=O) groups excluding carboxylic acids is 2. The lowest BCUT2D eigenvalue weighted by atomic mass is 10.1. The molecular weight excluding hydrogens is 522 g/mol. The van der Waals surface area contributed by atoms with Crippen molar-refractivity contribution in [2.45, 2.75) is 65.9 Å². The van der Waals surface area contributed by atoms with Gasteiger partial charge in [-0.15, -0.1) is 0 Å². The monoisotopic (exact) mass is 563 g/mol. The number of benzene rings is 3. The number of hydrogen-bond donors (Lipinski definition) is 1. The van der Waals surface area contributed by atoms with Gasteiger partial charge in [0.05, 0.1) is 10.6 Å². The summed E-state index contributed by atoms with van der Waals surface area (Å²) < 4.78 is 29.2. The highest BCUT2D eigenvalue weighted by Gasteiger charge is 2.33. The van der Waals surface area contributed by atoms with Crippen molar-refractivity contribution < 1.29 is 18.0 Å². The van der Waals surface area contributed by atoms with Crippen molar-refractivity contribution in [3.05, 3.63) is 94.5 Å². The highest BCUT2D eigenvalue weighted by Crippen LogP contribution is 2.28. The molecule has 8 heteroatoms. The van der Waals surface area contributed by atoms with Crippen molar-refractivity contribution >= 4 is 27.5 Å². The number of hydrogen-bond acceptors (Lipinski definition) is 4. The van der Waals surface area contributed by atoms with E-state index < -0.39 is 28.5 Å². The Kier molecular flexibility index (Phi) is 10.1. The van der Waals surface area contributed by atoms with E-state index in [1.54, 1.807) is 37.3 Å². The first-order chi connectivity index (χ1) is 18.8. The minimum absolute atomic E-state index is 0.0963. The van der Waals surface area contributed by atoms with Crippen LogP contribution < -0.4 is 9.62 Å². The van der Waals surface area contributed by atoms with Crippen LogP contribution in [0.15, 0.2) is 71.6 Å². The van der Waals surface area contributed by atoms with Crippen molar-refractivity contribution in [1.82, 2.24) is 10.2 Å². The van der Waals surface area contributed by atoms with E-state index in [2.05, 4.69) is 5.32 Å². The van der Waals surface area contributed by atoms with Crippen LogP contribution in [-0.2, 0) is 26.2 Å². The van der Waals surface area contributed by atoms with Crippen LogP contribution in [0.4, 0.5) is 5.69 Å².